The Morgan fingerprint density at radius 2 is 1.79 bits per heavy atom. The van der Waals surface area contributed by atoms with Gasteiger partial charge in [-0.25, -0.2) is 4.39 Å². The minimum absolute atomic E-state index is 0.0225. The molecule has 0 aliphatic heterocycles. The van der Waals surface area contributed by atoms with Crippen LogP contribution in [0.1, 0.15) is 5.56 Å². The monoisotopic (exact) mass is 363 g/mol. The molecule has 0 saturated heterocycles. The van der Waals surface area contributed by atoms with Gasteiger partial charge in [-0.1, -0.05) is 39.1 Å². The fourth-order valence-electron chi connectivity index (χ4n) is 1.52. The Bertz CT molecular complexity index is 599. The average Bonchev–Trinajstić information content (AvgIpc) is 2.32. The number of hydrogen-bond donors (Lipinski definition) is 1. The Labute approximate surface area is 128 Å². The first-order valence-electron chi connectivity index (χ1n) is 5.28. The first-order chi connectivity index (χ1) is 8.97. The number of halogens is 4. The minimum atomic E-state index is -0.356. The molecule has 0 bridgehead atoms. The Balaban J connectivity index is 2.21. The van der Waals surface area contributed by atoms with E-state index in [0.717, 1.165) is 4.47 Å². The zero-order chi connectivity index (χ0) is 14.0. The maximum absolute atomic E-state index is 13.6. The van der Waals surface area contributed by atoms with E-state index in [0.29, 0.717) is 21.3 Å². The summed E-state index contributed by atoms with van der Waals surface area (Å²) in [6.45, 7) is 0.0225. The number of ether oxygens (including phenoxy) is 1. The van der Waals surface area contributed by atoms with Crippen molar-refractivity contribution in [1.82, 2.24) is 0 Å². The van der Waals surface area contributed by atoms with Crippen molar-refractivity contribution in [3.8, 4) is 5.75 Å². The fraction of sp³-hybridized carbons (Fsp3) is 0.0769. The lowest BCUT2D eigenvalue weighted by Crippen LogP contribution is -2.00. The van der Waals surface area contributed by atoms with Crippen molar-refractivity contribution in [3.05, 3.63) is 56.2 Å². The quantitative estimate of drug-likeness (QED) is 0.773. The Hall–Kier alpha value is -0.970. The summed E-state index contributed by atoms with van der Waals surface area (Å²) in [7, 11) is 0. The average molecular weight is 365 g/mol. The highest BCUT2D eigenvalue weighted by molar-refractivity contribution is 9.10. The standard InChI is InChI=1S/C13H9BrCl2FNO/c14-8-1-2-12(17)7(3-8)6-19-13-10(15)4-9(18)5-11(13)16/h1-5H,6,18H2. The van der Waals surface area contributed by atoms with Gasteiger partial charge >= 0.3 is 0 Å². The zero-order valence-corrected chi connectivity index (χ0v) is 12.7. The summed E-state index contributed by atoms with van der Waals surface area (Å²) in [5.74, 6) is -0.0669. The summed E-state index contributed by atoms with van der Waals surface area (Å²) in [5, 5.41) is 0.584. The van der Waals surface area contributed by atoms with Crippen LogP contribution in [0.3, 0.4) is 0 Å². The van der Waals surface area contributed by atoms with Crippen molar-refractivity contribution in [1.29, 1.82) is 0 Å². The minimum Gasteiger partial charge on any atom is -0.486 e. The second-order valence-electron chi connectivity index (χ2n) is 3.84. The van der Waals surface area contributed by atoms with Crippen molar-refractivity contribution >= 4 is 44.8 Å². The van der Waals surface area contributed by atoms with Crippen molar-refractivity contribution in [2.45, 2.75) is 6.61 Å². The Morgan fingerprint density at radius 1 is 1.16 bits per heavy atom. The van der Waals surface area contributed by atoms with E-state index in [1.165, 1.54) is 18.2 Å². The lowest BCUT2D eigenvalue weighted by Gasteiger charge is -2.11. The third-order valence-electron chi connectivity index (χ3n) is 2.40. The molecule has 2 aromatic carbocycles. The molecular weight excluding hydrogens is 356 g/mol. The summed E-state index contributed by atoms with van der Waals surface area (Å²) in [4.78, 5) is 0. The van der Waals surface area contributed by atoms with Gasteiger partial charge in [0.2, 0.25) is 0 Å². The van der Waals surface area contributed by atoms with Gasteiger partial charge in [0.25, 0.3) is 0 Å². The number of anilines is 1. The van der Waals surface area contributed by atoms with Gasteiger partial charge in [0.15, 0.2) is 5.75 Å². The molecule has 2 aromatic rings. The highest BCUT2D eigenvalue weighted by Gasteiger charge is 2.10. The Kier molecular flexibility index (Phi) is 4.55. The number of rotatable bonds is 3. The predicted molar refractivity (Wildman–Crippen MR) is 79.3 cm³/mol. The molecular formula is C13H9BrCl2FNO. The van der Waals surface area contributed by atoms with Crippen LogP contribution in [-0.4, -0.2) is 0 Å². The molecule has 0 saturated carbocycles. The molecule has 2 nitrogen and oxygen atoms in total. The van der Waals surface area contributed by atoms with E-state index < -0.39 is 0 Å². The molecule has 0 amide bonds. The Morgan fingerprint density at radius 3 is 2.42 bits per heavy atom. The van der Waals surface area contributed by atoms with E-state index in [4.69, 9.17) is 33.7 Å². The SMILES string of the molecule is Nc1cc(Cl)c(OCc2cc(Br)ccc2F)c(Cl)c1. The maximum Gasteiger partial charge on any atom is 0.157 e. The van der Waals surface area contributed by atoms with Crippen LogP contribution < -0.4 is 10.5 Å². The third-order valence-corrected chi connectivity index (χ3v) is 3.46. The van der Waals surface area contributed by atoms with E-state index >= 15 is 0 Å². The molecule has 2 rings (SSSR count). The summed E-state index contributed by atoms with van der Waals surface area (Å²) >= 11 is 15.2. The normalized spacial score (nSPS) is 10.5. The van der Waals surface area contributed by atoms with Gasteiger partial charge in [0.1, 0.15) is 12.4 Å². The smallest absolute Gasteiger partial charge is 0.157 e. The van der Waals surface area contributed by atoms with Gasteiger partial charge in [-0.3, -0.25) is 0 Å². The van der Waals surface area contributed by atoms with Crippen molar-refractivity contribution < 1.29 is 9.13 Å². The van der Waals surface area contributed by atoms with Crippen LogP contribution in [0, 0.1) is 5.82 Å². The molecule has 19 heavy (non-hydrogen) atoms. The van der Waals surface area contributed by atoms with Crippen LogP contribution in [0.15, 0.2) is 34.8 Å². The molecule has 0 spiro atoms. The largest absolute Gasteiger partial charge is 0.486 e. The lowest BCUT2D eigenvalue weighted by molar-refractivity contribution is 0.300. The second-order valence-corrected chi connectivity index (χ2v) is 5.57. The van der Waals surface area contributed by atoms with Gasteiger partial charge in [0.05, 0.1) is 10.0 Å². The molecule has 0 fully saturated rings. The highest BCUT2D eigenvalue weighted by atomic mass is 79.9. The summed E-state index contributed by atoms with van der Waals surface area (Å²) in [6.07, 6.45) is 0. The highest BCUT2D eigenvalue weighted by Crippen LogP contribution is 2.35. The molecule has 0 heterocycles. The summed E-state index contributed by atoms with van der Waals surface area (Å²) in [6, 6.07) is 7.66. The number of hydrogen-bond acceptors (Lipinski definition) is 2. The van der Waals surface area contributed by atoms with Crippen LogP contribution in [0.5, 0.6) is 5.75 Å². The van der Waals surface area contributed by atoms with Gasteiger partial charge in [-0.05, 0) is 30.3 Å². The molecule has 0 unspecified atom stereocenters. The number of benzene rings is 2. The van der Waals surface area contributed by atoms with Crippen LogP contribution in [0.25, 0.3) is 0 Å². The van der Waals surface area contributed by atoms with Gasteiger partial charge < -0.3 is 10.5 Å². The van der Waals surface area contributed by atoms with E-state index in [9.17, 15) is 4.39 Å². The molecule has 2 N–H and O–H groups in total. The first kappa shape index (κ1) is 14.4. The van der Waals surface area contributed by atoms with E-state index in [1.54, 1.807) is 12.1 Å². The van der Waals surface area contributed by atoms with Crippen LogP contribution in [0.2, 0.25) is 10.0 Å². The summed E-state index contributed by atoms with van der Waals surface area (Å²) in [5.41, 5.74) is 6.43. The number of nitrogens with two attached hydrogens (primary N) is 1. The molecule has 100 valence electrons. The van der Waals surface area contributed by atoms with Crippen LogP contribution in [0.4, 0.5) is 10.1 Å². The molecule has 6 heteroatoms. The fourth-order valence-corrected chi connectivity index (χ4v) is 2.54. The summed E-state index contributed by atoms with van der Waals surface area (Å²) < 4.78 is 19.8. The van der Waals surface area contributed by atoms with E-state index in [2.05, 4.69) is 15.9 Å². The second kappa shape index (κ2) is 5.99. The third kappa shape index (κ3) is 3.53. The predicted octanol–water partition coefficient (Wildman–Crippen LogP) is 5.06. The maximum atomic E-state index is 13.6. The van der Waals surface area contributed by atoms with Crippen molar-refractivity contribution in [2.24, 2.45) is 0 Å². The molecule has 0 radical (unpaired) electrons. The lowest BCUT2D eigenvalue weighted by atomic mass is 10.2. The zero-order valence-electron chi connectivity index (χ0n) is 9.59. The molecule has 0 aliphatic rings. The van der Waals surface area contributed by atoms with Crippen molar-refractivity contribution in [2.75, 3.05) is 5.73 Å². The van der Waals surface area contributed by atoms with Crippen molar-refractivity contribution in [3.63, 3.8) is 0 Å². The molecule has 0 atom stereocenters. The topological polar surface area (TPSA) is 35.2 Å². The van der Waals surface area contributed by atoms with E-state index in [-0.39, 0.29) is 18.2 Å². The van der Waals surface area contributed by atoms with Gasteiger partial charge in [0, 0.05) is 15.7 Å². The van der Waals surface area contributed by atoms with Gasteiger partial charge in [-0.15, -0.1) is 0 Å². The first-order valence-corrected chi connectivity index (χ1v) is 6.83. The van der Waals surface area contributed by atoms with Crippen LogP contribution >= 0.6 is 39.1 Å². The van der Waals surface area contributed by atoms with Gasteiger partial charge in [-0.2, -0.15) is 0 Å². The van der Waals surface area contributed by atoms with E-state index in [1.807, 2.05) is 0 Å². The van der Waals surface area contributed by atoms with Crippen LogP contribution in [-0.2, 0) is 6.61 Å². The molecule has 0 aliphatic carbocycles. The number of nitrogen functional groups attached to an aromatic ring is 1. The molecule has 0 aromatic heterocycles.